The highest BCUT2D eigenvalue weighted by Gasteiger charge is 2.20. The largest absolute Gasteiger partial charge is 0.362 e. The average molecular weight is 411 g/mol. The zero-order valence-corrected chi connectivity index (χ0v) is 18.1. The van der Waals surface area contributed by atoms with Gasteiger partial charge in [-0.05, 0) is 49.2 Å². The number of piperazine rings is 1. The maximum atomic E-state index is 12.5. The fraction of sp³-hybridized carbons (Fsp3) is 0.391. The predicted molar refractivity (Wildman–Crippen MR) is 123 cm³/mol. The van der Waals surface area contributed by atoms with Crippen LogP contribution in [0.3, 0.4) is 0 Å². The number of aryl methyl sites for hydroxylation is 2. The number of rotatable bonds is 6. The molecule has 0 atom stereocenters. The van der Waals surface area contributed by atoms with Crippen molar-refractivity contribution in [2.45, 2.75) is 20.3 Å². The SMILES string of the molecule is Cc1cccc(C)c1NC(=O)CN1CCN(C(=S)NCCc2ccccc2)CC1. The van der Waals surface area contributed by atoms with E-state index in [1.165, 1.54) is 5.56 Å². The molecule has 1 fully saturated rings. The third kappa shape index (κ3) is 6.27. The number of amides is 1. The van der Waals surface area contributed by atoms with E-state index in [4.69, 9.17) is 12.2 Å². The van der Waals surface area contributed by atoms with Gasteiger partial charge < -0.3 is 15.5 Å². The van der Waals surface area contributed by atoms with Crippen LogP contribution in [-0.4, -0.2) is 60.1 Å². The second kappa shape index (κ2) is 10.4. The van der Waals surface area contributed by atoms with Crippen LogP contribution in [0, 0.1) is 13.8 Å². The summed E-state index contributed by atoms with van der Waals surface area (Å²) >= 11 is 5.55. The van der Waals surface area contributed by atoms with Crippen molar-refractivity contribution in [3.8, 4) is 0 Å². The monoisotopic (exact) mass is 410 g/mol. The number of hydrogen-bond acceptors (Lipinski definition) is 3. The van der Waals surface area contributed by atoms with Crippen LogP contribution in [-0.2, 0) is 11.2 Å². The van der Waals surface area contributed by atoms with E-state index in [-0.39, 0.29) is 5.91 Å². The topological polar surface area (TPSA) is 47.6 Å². The summed E-state index contributed by atoms with van der Waals surface area (Å²) in [5, 5.41) is 7.24. The first kappa shape index (κ1) is 21.3. The molecule has 2 N–H and O–H groups in total. The molecule has 1 aliphatic rings. The number of hydrogen-bond donors (Lipinski definition) is 2. The quantitative estimate of drug-likeness (QED) is 0.717. The van der Waals surface area contributed by atoms with Crippen molar-refractivity contribution < 1.29 is 4.79 Å². The molecule has 5 nitrogen and oxygen atoms in total. The Morgan fingerprint density at radius 2 is 1.62 bits per heavy atom. The molecule has 1 amide bonds. The summed E-state index contributed by atoms with van der Waals surface area (Å²) in [5.74, 6) is 0.0411. The van der Waals surface area contributed by atoms with Crippen molar-refractivity contribution >= 4 is 28.9 Å². The summed E-state index contributed by atoms with van der Waals surface area (Å²) in [6, 6.07) is 16.5. The first-order valence-corrected chi connectivity index (χ1v) is 10.6. The lowest BCUT2D eigenvalue weighted by Gasteiger charge is -2.35. The summed E-state index contributed by atoms with van der Waals surface area (Å²) in [6.45, 7) is 8.64. The first-order valence-electron chi connectivity index (χ1n) is 10.2. The summed E-state index contributed by atoms with van der Waals surface area (Å²) in [4.78, 5) is 16.9. The summed E-state index contributed by atoms with van der Waals surface area (Å²) in [6.07, 6.45) is 0.958. The second-order valence-corrected chi connectivity index (χ2v) is 7.93. The van der Waals surface area contributed by atoms with Crippen molar-refractivity contribution in [1.29, 1.82) is 0 Å². The molecule has 0 radical (unpaired) electrons. The minimum Gasteiger partial charge on any atom is -0.362 e. The molecular weight excluding hydrogens is 380 g/mol. The van der Waals surface area contributed by atoms with E-state index in [1.54, 1.807) is 0 Å². The Bertz CT molecular complexity index is 812. The number of nitrogens with one attached hydrogen (secondary N) is 2. The molecule has 0 aromatic heterocycles. The molecule has 154 valence electrons. The Labute approximate surface area is 179 Å². The van der Waals surface area contributed by atoms with E-state index in [0.717, 1.165) is 61.1 Å². The smallest absolute Gasteiger partial charge is 0.238 e. The number of anilines is 1. The Kier molecular flexibility index (Phi) is 7.61. The van der Waals surface area contributed by atoms with Crippen LogP contribution in [0.15, 0.2) is 48.5 Å². The van der Waals surface area contributed by atoms with Gasteiger partial charge in [-0.3, -0.25) is 9.69 Å². The van der Waals surface area contributed by atoms with Gasteiger partial charge in [0.15, 0.2) is 5.11 Å². The third-order valence-electron chi connectivity index (χ3n) is 5.30. The number of para-hydroxylation sites is 1. The Hall–Kier alpha value is -2.44. The molecule has 2 aromatic carbocycles. The number of nitrogens with zero attached hydrogens (tertiary/aromatic N) is 2. The highest BCUT2D eigenvalue weighted by Crippen LogP contribution is 2.19. The molecule has 0 unspecified atom stereocenters. The van der Waals surface area contributed by atoms with Gasteiger partial charge in [0.05, 0.1) is 6.54 Å². The van der Waals surface area contributed by atoms with Gasteiger partial charge >= 0.3 is 0 Å². The molecule has 0 aliphatic carbocycles. The standard InChI is InChI=1S/C23H30N4OS/c1-18-7-6-8-19(2)22(18)25-21(28)17-26-13-15-27(16-14-26)23(29)24-12-11-20-9-4-3-5-10-20/h3-10H,11-17H2,1-2H3,(H,24,29)(H,25,28). The third-order valence-corrected chi connectivity index (χ3v) is 5.71. The molecule has 29 heavy (non-hydrogen) atoms. The molecule has 3 rings (SSSR count). The molecule has 1 heterocycles. The van der Waals surface area contributed by atoms with E-state index in [9.17, 15) is 4.79 Å². The minimum absolute atomic E-state index is 0.0411. The summed E-state index contributed by atoms with van der Waals surface area (Å²) in [7, 11) is 0. The molecule has 0 saturated carbocycles. The second-order valence-electron chi connectivity index (χ2n) is 7.55. The van der Waals surface area contributed by atoms with Crippen molar-refractivity contribution in [2.75, 3.05) is 44.6 Å². The zero-order valence-electron chi connectivity index (χ0n) is 17.3. The van der Waals surface area contributed by atoms with Crippen LogP contribution in [0.1, 0.15) is 16.7 Å². The number of carbonyl (C=O) groups is 1. The summed E-state index contributed by atoms with van der Waals surface area (Å²) in [5.41, 5.74) is 4.42. The molecular formula is C23H30N4OS. The number of carbonyl (C=O) groups excluding carboxylic acids is 1. The highest BCUT2D eigenvalue weighted by atomic mass is 32.1. The lowest BCUT2D eigenvalue weighted by Crippen LogP contribution is -2.53. The number of thiocarbonyl (C=S) groups is 1. The minimum atomic E-state index is 0.0411. The van der Waals surface area contributed by atoms with Crippen LogP contribution < -0.4 is 10.6 Å². The average Bonchev–Trinajstić information content (AvgIpc) is 2.72. The van der Waals surface area contributed by atoms with E-state index >= 15 is 0 Å². The van der Waals surface area contributed by atoms with Crippen molar-refractivity contribution in [3.05, 3.63) is 65.2 Å². The van der Waals surface area contributed by atoms with Gasteiger partial charge in [-0.1, -0.05) is 48.5 Å². The van der Waals surface area contributed by atoms with E-state index in [1.807, 2.05) is 38.1 Å². The highest BCUT2D eigenvalue weighted by molar-refractivity contribution is 7.80. The zero-order chi connectivity index (χ0) is 20.6. The van der Waals surface area contributed by atoms with Crippen LogP contribution in [0.5, 0.6) is 0 Å². The lowest BCUT2D eigenvalue weighted by molar-refractivity contribution is -0.117. The fourth-order valence-corrected chi connectivity index (χ4v) is 3.86. The summed E-state index contributed by atoms with van der Waals surface area (Å²) < 4.78 is 0. The van der Waals surface area contributed by atoms with Crippen LogP contribution >= 0.6 is 12.2 Å². The van der Waals surface area contributed by atoms with Gasteiger partial charge in [0.2, 0.25) is 5.91 Å². The Morgan fingerprint density at radius 1 is 0.966 bits per heavy atom. The lowest BCUT2D eigenvalue weighted by atomic mass is 10.1. The van der Waals surface area contributed by atoms with Gasteiger partial charge in [-0.25, -0.2) is 0 Å². The van der Waals surface area contributed by atoms with Crippen molar-refractivity contribution in [2.24, 2.45) is 0 Å². The number of benzene rings is 2. The van der Waals surface area contributed by atoms with E-state index < -0.39 is 0 Å². The van der Waals surface area contributed by atoms with Gasteiger partial charge in [0.1, 0.15) is 0 Å². The Balaban J connectivity index is 1.38. The molecule has 1 aliphatic heterocycles. The van der Waals surface area contributed by atoms with Crippen molar-refractivity contribution in [1.82, 2.24) is 15.1 Å². The predicted octanol–water partition coefficient (Wildman–Crippen LogP) is 2.98. The van der Waals surface area contributed by atoms with Crippen LogP contribution in [0.2, 0.25) is 0 Å². The van der Waals surface area contributed by atoms with Crippen LogP contribution in [0.4, 0.5) is 5.69 Å². The fourth-order valence-electron chi connectivity index (χ4n) is 3.57. The van der Waals surface area contributed by atoms with E-state index in [2.05, 4.69) is 44.7 Å². The van der Waals surface area contributed by atoms with Gasteiger partial charge in [-0.15, -0.1) is 0 Å². The molecule has 1 saturated heterocycles. The van der Waals surface area contributed by atoms with Crippen LogP contribution in [0.25, 0.3) is 0 Å². The van der Waals surface area contributed by atoms with Gasteiger partial charge in [0, 0.05) is 38.4 Å². The molecule has 0 spiro atoms. The van der Waals surface area contributed by atoms with Gasteiger partial charge in [-0.2, -0.15) is 0 Å². The maximum absolute atomic E-state index is 12.5. The molecule has 6 heteroatoms. The molecule has 2 aromatic rings. The molecule has 0 bridgehead atoms. The normalized spacial score (nSPS) is 14.5. The van der Waals surface area contributed by atoms with Gasteiger partial charge in [0.25, 0.3) is 0 Å². The van der Waals surface area contributed by atoms with Crippen molar-refractivity contribution in [3.63, 3.8) is 0 Å². The maximum Gasteiger partial charge on any atom is 0.238 e. The van der Waals surface area contributed by atoms with E-state index in [0.29, 0.717) is 6.54 Å². The first-order chi connectivity index (χ1) is 14.0. The Morgan fingerprint density at radius 3 is 2.28 bits per heavy atom.